The molecule has 1 fully saturated rings. The highest BCUT2D eigenvalue weighted by molar-refractivity contribution is 6.48. The summed E-state index contributed by atoms with van der Waals surface area (Å²) in [6.07, 6.45) is 1.40. The molecule has 3 unspecified atom stereocenters. The predicted molar refractivity (Wildman–Crippen MR) is 112 cm³/mol. The molecule has 0 aromatic heterocycles. The fourth-order valence-corrected chi connectivity index (χ4v) is 5.34. The van der Waals surface area contributed by atoms with Crippen molar-refractivity contribution in [3.05, 3.63) is 23.8 Å². The molecule has 152 valence electrons. The van der Waals surface area contributed by atoms with Crippen molar-refractivity contribution in [2.45, 2.75) is 59.0 Å². The Hall–Kier alpha value is -1.08. The van der Waals surface area contributed by atoms with Gasteiger partial charge in [-0.1, -0.05) is 26.8 Å². The lowest BCUT2D eigenvalue weighted by Gasteiger charge is -2.44. The van der Waals surface area contributed by atoms with Crippen LogP contribution < -0.4 is 20.1 Å². The van der Waals surface area contributed by atoms with E-state index in [1.807, 2.05) is 6.07 Å². The molecule has 0 spiro atoms. The first-order valence-corrected chi connectivity index (χ1v) is 13.1. The van der Waals surface area contributed by atoms with Gasteiger partial charge in [0.2, 0.25) is 0 Å². The molecule has 2 aliphatic rings. The van der Waals surface area contributed by atoms with Crippen molar-refractivity contribution in [2.24, 2.45) is 11.3 Å². The molecule has 3 atom stereocenters. The van der Waals surface area contributed by atoms with E-state index in [1.165, 1.54) is 5.56 Å². The van der Waals surface area contributed by atoms with Crippen LogP contribution in [0.1, 0.15) is 32.8 Å². The van der Waals surface area contributed by atoms with Gasteiger partial charge in [-0.25, -0.2) is 0 Å². The van der Waals surface area contributed by atoms with Gasteiger partial charge in [0, 0.05) is 25.0 Å². The standard InChI is InChI=1S/C21H36N2O3Si/c1-21(2,3)20(26-27(4)5)16-14-22-9-8-17(16)23-13-15-6-7-18-19(12-15)25-11-10-24-18/h6-7,12,16-17,20,22-23,27H,8-11,13-14H2,1-5H3. The molecule has 0 saturated carbocycles. The van der Waals surface area contributed by atoms with E-state index in [9.17, 15) is 0 Å². The molecule has 1 aromatic rings. The van der Waals surface area contributed by atoms with Gasteiger partial charge >= 0.3 is 0 Å². The van der Waals surface area contributed by atoms with Crippen LogP contribution in [0.4, 0.5) is 0 Å². The smallest absolute Gasteiger partial charge is 0.171 e. The summed E-state index contributed by atoms with van der Waals surface area (Å²) in [7, 11) is -1.11. The Balaban J connectivity index is 1.68. The second-order valence-electron chi connectivity index (χ2n) is 9.09. The van der Waals surface area contributed by atoms with E-state index in [0.29, 0.717) is 25.2 Å². The number of fused-ring (bicyclic) bond motifs is 1. The van der Waals surface area contributed by atoms with Crippen molar-refractivity contribution >= 4 is 9.04 Å². The van der Waals surface area contributed by atoms with E-state index >= 15 is 0 Å². The fraction of sp³-hybridized carbons (Fsp3) is 0.714. The van der Waals surface area contributed by atoms with Crippen molar-refractivity contribution in [1.29, 1.82) is 0 Å². The third-order valence-electron chi connectivity index (χ3n) is 5.37. The van der Waals surface area contributed by atoms with Gasteiger partial charge in [-0.15, -0.1) is 0 Å². The number of ether oxygens (including phenoxy) is 2. The van der Waals surface area contributed by atoms with Crippen LogP contribution in [0.25, 0.3) is 0 Å². The summed E-state index contributed by atoms with van der Waals surface area (Å²) in [4.78, 5) is 0. The number of hydrogen-bond donors (Lipinski definition) is 2. The van der Waals surface area contributed by atoms with Crippen LogP contribution in [0.3, 0.4) is 0 Å². The van der Waals surface area contributed by atoms with Gasteiger partial charge in [0.1, 0.15) is 13.2 Å². The van der Waals surface area contributed by atoms with E-state index in [1.54, 1.807) is 0 Å². The maximum Gasteiger partial charge on any atom is 0.171 e. The number of rotatable bonds is 6. The first-order valence-electron chi connectivity index (χ1n) is 10.3. The molecule has 2 N–H and O–H groups in total. The van der Waals surface area contributed by atoms with Crippen molar-refractivity contribution in [3.63, 3.8) is 0 Å². The van der Waals surface area contributed by atoms with Gasteiger partial charge in [0.15, 0.2) is 20.5 Å². The Morgan fingerprint density at radius 1 is 1.22 bits per heavy atom. The SMILES string of the molecule is C[SiH](C)OC(C1CNCCC1NCc1ccc2c(c1)OCCO2)C(C)(C)C. The molecule has 3 rings (SSSR count). The van der Waals surface area contributed by atoms with Crippen molar-refractivity contribution < 1.29 is 13.9 Å². The number of benzene rings is 1. The fourth-order valence-electron chi connectivity index (χ4n) is 4.14. The highest BCUT2D eigenvalue weighted by Gasteiger charge is 2.39. The Kier molecular flexibility index (Phi) is 6.84. The minimum atomic E-state index is -1.11. The van der Waals surface area contributed by atoms with Crippen LogP contribution in [0, 0.1) is 11.3 Å². The maximum atomic E-state index is 6.53. The summed E-state index contributed by atoms with van der Waals surface area (Å²) in [5.74, 6) is 2.20. The normalized spacial score (nSPS) is 24.1. The summed E-state index contributed by atoms with van der Waals surface area (Å²) in [5, 5.41) is 7.41. The van der Waals surface area contributed by atoms with Crippen LogP contribution in [0.2, 0.25) is 13.1 Å². The van der Waals surface area contributed by atoms with Gasteiger partial charge in [0.25, 0.3) is 0 Å². The first kappa shape index (κ1) is 20.6. The second-order valence-corrected chi connectivity index (χ2v) is 11.5. The Bertz CT molecular complexity index is 618. The number of nitrogens with one attached hydrogen (secondary N) is 2. The molecular weight excluding hydrogens is 356 g/mol. The zero-order chi connectivity index (χ0) is 19.4. The Morgan fingerprint density at radius 3 is 2.67 bits per heavy atom. The minimum absolute atomic E-state index is 0.137. The quantitative estimate of drug-likeness (QED) is 0.729. The van der Waals surface area contributed by atoms with Gasteiger partial charge in [0.05, 0.1) is 6.10 Å². The van der Waals surface area contributed by atoms with Crippen LogP contribution in [0.5, 0.6) is 11.5 Å². The van der Waals surface area contributed by atoms with Crippen LogP contribution in [-0.2, 0) is 11.0 Å². The molecule has 0 amide bonds. The van der Waals surface area contributed by atoms with Crippen molar-refractivity contribution in [3.8, 4) is 11.5 Å². The highest BCUT2D eigenvalue weighted by atomic mass is 28.3. The molecule has 0 bridgehead atoms. The molecule has 5 nitrogen and oxygen atoms in total. The summed E-state index contributed by atoms with van der Waals surface area (Å²) >= 11 is 0. The lowest BCUT2D eigenvalue weighted by atomic mass is 9.76. The van der Waals surface area contributed by atoms with E-state index in [-0.39, 0.29) is 11.5 Å². The average molecular weight is 393 g/mol. The molecule has 2 heterocycles. The summed E-state index contributed by atoms with van der Waals surface area (Å²) in [5.41, 5.74) is 1.38. The highest BCUT2D eigenvalue weighted by Crippen LogP contribution is 2.33. The monoisotopic (exact) mass is 392 g/mol. The molecule has 2 aliphatic heterocycles. The lowest BCUT2D eigenvalue weighted by Crippen LogP contribution is -2.56. The van der Waals surface area contributed by atoms with Crippen LogP contribution in [-0.4, -0.2) is 47.5 Å². The first-order chi connectivity index (χ1) is 12.8. The third-order valence-corrected chi connectivity index (χ3v) is 6.20. The summed E-state index contributed by atoms with van der Waals surface area (Å²) in [6, 6.07) is 6.72. The van der Waals surface area contributed by atoms with Crippen molar-refractivity contribution in [2.75, 3.05) is 26.3 Å². The topological polar surface area (TPSA) is 51.8 Å². The molecular formula is C21H36N2O3Si. The summed E-state index contributed by atoms with van der Waals surface area (Å²) < 4.78 is 17.9. The molecule has 0 aliphatic carbocycles. The summed E-state index contributed by atoms with van der Waals surface area (Å²) in [6.45, 7) is 15.6. The Morgan fingerprint density at radius 2 is 1.96 bits per heavy atom. The van der Waals surface area contributed by atoms with Crippen molar-refractivity contribution in [1.82, 2.24) is 10.6 Å². The molecule has 0 radical (unpaired) electrons. The van der Waals surface area contributed by atoms with Gasteiger partial charge in [-0.3, -0.25) is 0 Å². The molecule has 27 heavy (non-hydrogen) atoms. The Labute approximate surface area is 165 Å². The molecule has 1 saturated heterocycles. The van der Waals surface area contributed by atoms with E-state index in [4.69, 9.17) is 13.9 Å². The molecule has 6 heteroatoms. The lowest BCUT2D eigenvalue weighted by molar-refractivity contribution is 0.00820. The number of hydrogen-bond acceptors (Lipinski definition) is 5. The third kappa shape index (κ3) is 5.47. The van der Waals surface area contributed by atoms with Gasteiger partial charge < -0.3 is 24.5 Å². The van der Waals surface area contributed by atoms with Crippen LogP contribution in [0.15, 0.2) is 18.2 Å². The molecule has 1 aromatic carbocycles. The van der Waals surface area contributed by atoms with Gasteiger partial charge in [-0.2, -0.15) is 0 Å². The van der Waals surface area contributed by atoms with Crippen LogP contribution >= 0.6 is 0 Å². The van der Waals surface area contributed by atoms with E-state index in [0.717, 1.165) is 37.6 Å². The largest absolute Gasteiger partial charge is 0.486 e. The predicted octanol–water partition coefficient (Wildman–Crippen LogP) is 2.94. The zero-order valence-electron chi connectivity index (χ0n) is 17.5. The van der Waals surface area contributed by atoms with Gasteiger partial charge in [-0.05, 0) is 49.2 Å². The maximum absolute atomic E-state index is 6.53. The second kappa shape index (κ2) is 8.95. The van der Waals surface area contributed by atoms with E-state index < -0.39 is 9.04 Å². The number of piperidine rings is 1. The zero-order valence-corrected chi connectivity index (χ0v) is 18.7. The average Bonchev–Trinajstić information content (AvgIpc) is 2.63. The van der Waals surface area contributed by atoms with E-state index in [2.05, 4.69) is 56.6 Å². The minimum Gasteiger partial charge on any atom is -0.486 e.